The Labute approximate surface area is 168 Å². The van der Waals surface area contributed by atoms with Crippen LogP contribution in [0.1, 0.15) is 19.4 Å². The molecule has 0 radical (unpaired) electrons. The number of likely N-dealkylation sites (N-methyl/N-ethyl adjacent to an activating group) is 2. The molecule has 0 aliphatic carbocycles. The number of ether oxygens (including phenoxy) is 4. The van der Waals surface area contributed by atoms with Gasteiger partial charge >= 0.3 is 6.09 Å². The van der Waals surface area contributed by atoms with E-state index in [0.717, 1.165) is 18.7 Å². The molecular formula is C20H35N3O5. The van der Waals surface area contributed by atoms with Crippen LogP contribution in [0.2, 0.25) is 0 Å². The van der Waals surface area contributed by atoms with Crippen LogP contribution < -0.4 is 19.5 Å². The van der Waals surface area contributed by atoms with E-state index in [-0.39, 0.29) is 12.1 Å². The fourth-order valence-electron chi connectivity index (χ4n) is 2.68. The van der Waals surface area contributed by atoms with Gasteiger partial charge in [0, 0.05) is 37.8 Å². The van der Waals surface area contributed by atoms with Crippen molar-refractivity contribution in [1.29, 1.82) is 0 Å². The van der Waals surface area contributed by atoms with E-state index in [9.17, 15) is 4.79 Å². The molecule has 0 aliphatic rings. The van der Waals surface area contributed by atoms with Crippen LogP contribution >= 0.6 is 0 Å². The van der Waals surface area contributed by atoms with Gasteiger partial charge in [0.1, 0.15) is 6.61 Å². The van der Waals surface area contributed by atoms with E-state index < -0.39 is 0 Å². The van der Waals surface area contributed by atoms with Gasteiger partial charge in [0.25, 0.3) is 0 Å². The van der Waals surface area contributed by atoms with Gasteiger partial charge in [-0.1, -0.05) is 6.07 Å². The van der Waals surface area contributed by atoms with Gasteiger partial charge in [-0.05, 0) is 34.0 Å². The van der Waals surface area contributed by atoms with E-state index in [1.54, 1.807) is 21.3 Å². The molecule has 0 saturated heterocycles. The molecule has 28 heavy (non-hydrogen) atoms. The normalized spacial score (nSPS) is 11.1. The van der Waals surface area contributed by atoms with Gasteiger partial charge in [-0.3, -0.25) is 0 Å². The average Bonchev–Trinajstić information content (AvgIpc) is 2.65. The molecule has 0 bridgehead atoms. The molecule has 0 fully saturated rings. The summed E-state index contributed by atoms with van der Waals surface area (Å²) in [6.45, 7) is 7.26. The minimum atomic E-state index is -0.374. The van der Waals surface area contributed by atoms with Crippen molar-refractivity contribution in [3.05, 3.63) is 17.7 Å². The summed E-state index contributed by atoms with van der Waals surface area (Å²) in [6, 6.07) is 3.95. The molecule has 0 unspecified atom stereocenters. The van der Waals surface area contributed by atoms with Crippen molar-refractivity contribution in [2.24, 2.45) is 0 Å². The zero-order chi connectivity index (χ0) is 21.1. The van der Waals surface area contributed by atoms with Crippen LogP contribution in [0.5, 0.6) is 17.2 Å². The molecule has 1 N–H and O–H groups in total. The number of nitrogens with zero attached hydrogens (tertiary/aromatic N) is 2. The smallest absolute Gasteiger partial charge is 0.407 e. The predicted octanol–water partition coefficient (Wildman–Crippen LogP) is 2.21. The minimum absolute atomic E-state index is 0.0763. The van der Waals surface area contributed by atoms with Gasteiger partial charge in [-0.25, -0.2) is 4.79 Å². The van der Waals surface area contributed by atoms with Crippen molar-refractivity contribution < 1.29 is 23.7 Å². The van der Waals surface area contributed by atoms with Gasteiger partial charge in [-0.15, -0.1) is 0 Å². The maximum Gasteiger partial charge on any atom is 0.407 e. The van der Waals surface area contributed by atoms with Crippen molar-refractivity contribution >= 4 is 6.09 Å². The fourth-order valence-corrected chi connectivity index (χ4v) is 2.68. The Balaban J connectivity index is 2.48. The summed E-state index contributed by atoms with van der Waals surface area (Å²) in [5.41, 5.74) is 1.03. The summed E-state index contributed by atoms with van der Waals surface area (Å²) in [7, 11) is 8.90. The average molecular weight is 398 g/mol. The first-order chi connectivity index (χ1) is 13.3. The standard InChI is InChI=1S/C20H35N3O5/c1-15(2)21-20(24)28-13-12-22(3)10-11-23(4)14-16-8-9-17(25-5)19(27-7)18(16)26-6/h8-9,15H,10-14H2,1-7H3,(H,21,24). The van der Waals surface area contributed by atoms with Crippen LogP contribution in [-0.2, 0) is 11.3 Å². The fraction of sp³-hybridized carbons (Fsp3) is 0.650. The summed E-state index contributed by atoms with van der Waals surface area (Å²) in [4.78, 5) is 15.8. The molecule has 1 rings (SSSR count). The molecule has 0 atom stereocenters. The number of nitrogens with one attached hydrogen (secondary N) is 1. The second-order valence-electron chi connectivity index (χ2n) is 6.97. The van der Waals surface area contributed by atoms with Crippen molar-refractivity contribution in [3.63, 3.8) is 0 Å². The van der Waals surface area contributed by atoms with E-state index in [0.29, 0.717) is 36.9 Å². The van der Waals surface area contributed by atoms with Gasteiger partial charge in [0.2, 0.25) is 5.75 Å². The number of hydrogen-bond acceptors (Lipinski definition) is 7. The Hall–Kier alpha value is -2.19. The third-order valence-electron chi connectivity index (χ3n) is 4.20. The Morgan fingerprint density at radius 3 is 2.18 bits per heavy atom. The Morgan fingerprint density at radius 2 is 1.61 bits per heavy atom. The molecule has 0 aliphatic heterocycles. The number of rotatable bonds is 12. The monoisotopic (exact) mass is 397 g/mol. The summed E-state index contributed by atoms with van der Waals surface area (Å²) in [6.07, 6.45) is -0.374. The zero-order valence-electron chi connectivity index (χ0n) is 18.2. The van der Waals surface area contributed by atoms with Crippen LogP contribution in [-0.4, -0.2) is 83.6 Å². The number of amides is 1. The highest BCUT2D eigenvalue weighted by Crippen LogP contribution is 2.40. The number of hydrogen-bond donors (Lipinski definition) is 1. The molecule has 1 aromatic rings. The zero-order valence-corrected chi connectivity index (χ0v) is 18.2. The lowest BCUT2D eigenvalue weighted by Crippen LogP contribution is -2.35. The second kappa shape index (κ2) is 12.3. The van der Waals surface area contributed by atoms with Crippen LogP contribution in [0.15, 0.2) is 12.1 Å². The van der Waals surface area contributed by atoms with Crippen molar-refractivity contribution in [2.75, 3.05) is 61.7 Å². The number of methoxy groups -OCH3 is 3. The number of carbonyl (C=O) groups excluding carboxylic acids is 1. The van der Waals surface area contributed by atoms with Crippen LogP contribution in [0.4, 0.5) is 4.79 Å². The SMILES string of the molecule is COc1ccc(CN(C)CCN(C)CCOC(=O)NC(C)C)c(OC)c1OC. The minimum Gasteiger partial charge on any atom is -0.493 e. The topological polar surface area (TPSA) is 72.5 Å². The highest BCUT2D eigenvalue weighted by atomic mass is 16.5. The first-order valence-corrected chi connectivity index (χ1v) is 9.40. The lowest BCUT2D eigenvalue weighted by Gasteiger charge is -2.23. The van der Waals surface area contributed by atoms with Gasteiger partial charge in [0.05, 0.1) is 21.3 Å². The summed E-state index contributed by atoms with van der Waals surface area (Å²) >= 11 is 0. The first-order valence-electron chi connectivity index (χ1n) is 9.40. The molecule has 0 spiro atoms. The van der Waals surface area contributed by atoms with Gasteiger partial charge in [-0.2, -0.15) is 0 Å². The molecular weight excluding hydrogens is 362 g/mol. The quantitative estimate of drug-likeness (QED) is 0.580. The van der Waals surface area contributed by atoms with E-state index in [4.69, 9.17) is 18.9 Å². The highest BCUT2D eigenvalue weighted by Gasteiger charge is 2.17. The van der Waals surface area contributed by atoms with E-state index in [1.165, 1.54) is 0 Å². The molecule has 160 valence electrons. The molecule has 0 saturated carbocycles. The number of carbonyl (C=O) groups is 1. The summed E-state index contributed by atoms with van der Waals surface area (Å²) in [5.74, 6) is 1.93. The van der Waals surface area contributed by atoms with Crippen LogP contribution in [0, 0.1) is 0 Å². The van der Waals surface area contributed by atoms with E-state index in [2.05, 4.69) is 22.2 Å². The lowest BCUT2D eigenvalue weighted by atomic mass is 10.1. The number of benzene rings is 1. The predicted molar refractivity (Wildman–Crippen MR) is 110 cm³/mol. The molecule has 0 heterocycles. The van der Waals surface area contributed by atoms with E-state index in [1.807, 2.05) is 33.0 Å². The highest BCUT2D eigenvalue weighted by molar-refractivity contribution is 5.67. The third kappa shape index (κ3) is 7.82. The lowest BCUT2D eigenvalue weighted by molar-refractivity contribution is 0.128. The molecule has 1 aromatic carbocycles. The summed E-state index contributed by atoms with van der Waals surface area (Å²) < 4.78 is 21.5. The van der Waals surface area contributed by atoms with Crippen LogP contribution in [0.3, 0.4) is 0 Å². The molecule has 8 nitrogen and oxygen atoms in total. The summed E-state index contributed by atoms with van der Waals surface area (Å²) in [5, 5.41) is 2.70. The second-order valence-corrected chi connectivity index (χ2v) is 6.97. The molecule has 1 amide bonds. The molecule has 8 heteroatoms. The molecule has 0 aromatic heterocycles. The maximum atomic E-state index is 11.5. The maximum absolute atomic E-state index is 11.5. The van der Waals surface area contributed by atoms with E-state index >= 15 is 0 Å². The largest absolute Gasteiger partial charge is 0.493 e. The Bertz CT molecular complexity index is 610. The van der Waals surface area contributed by atoms with Crippen molar-refractivity contribution in [3.8, 4) is 17.2 Å². The first kappa shape index (κ1) is 23.8. The third-order valence-corrected chi connectivity index (χ3v) is 4.20. The van der Waals surface area contributed by atoms with Gasteiger partial charge in [0.15, 0.2) is 11.5 Å². The Morgan fingerprint density at radius 1 is 0.964 bits per heavy atom. The Kier molecular flexibility index (Phi) is 10.5. The van der Waals surface area contributed by atoms with Crippen LogP contribution in [0.25, 0.3) is 0 Å². The number of alkyl carbamates (subject to hydrolysis) is 1. The van der Waals surface area contributed by atoms with Crippen molar-refractivity contribution in [1.82, 2.24) is 15.1 Å². The van der Waals surface area contributed by atoms with Crippen molar-refractivity contribution in [2.45, 2.75) is 26.4 Å². The van der Waals surface area contributed by atoms with Gasteiger partial charge < -0.3 is 34.1 Å².